The average molecular weight is 283 g/mol. The number of carbonyl (C=O) groups excluding carboxylic acids is 1. The third-order valence-corrected chi connectivity index (χ3v) is 4.87. The van der Waals surface area contributed by atoms with Crippen LogP contribution >= 0.6 is 0 Å². The molecule has 0 aromatic rings. The molecule has 0 atom stereocenters. The fourth-order valence-corrected chi connectivity index (χ4v) is 3.63. The van der Waals surface area contributed by atoms with Crippen LogP contribution in [0.25, 0.3) is 0 Å². The van der Waals surface area contributed by atoms with Crippen LogP contribution in [0.1, 0.15) is 64.7 Å². The fraction of sp³-hybridized carbons (Fsp3) is 0.938. The van der Waals surface area contributed by atoms with Crippen LogP contribution in [0.15, 0.2) is 0 Å². The van der Waals surface area contributed by atoms with Crippen molar-refractivity contribution in [3.05, 3.63) is 0 Å². The molecular formula is C16H29NO3. The van der Waals surface area contributed by atoms with Crippen LogP contribution in [0.4, 0.5) is 0 Å². The number of methoxy groups -OCH3 is 1. The second-order valence-corrected chi connectivity index (χ2v) is 6.22. The lowest BCUT2D eigenvalue weighted by atomic mass is 9.78. The highest BCUT2D eigenvalue weighted by molar-refractivity contribution is 5.81. The van der Waals surface area contributed by atoms with E-state index in [1.807, 2.05) is 6.92 Å². The van der Waals surface area contributed by atoms with Crippen molar-refractivity contribution >= 4 is 5.97 Å². The predicted molar refractivity (Wildman–Crippen MR) is 78.6 cm³/mol. The minimum Gasteiger partial charge on any atom is -0.465 e. The maximum atomic E-state index is 12.5. The third kappa shape index (κ3) is 3.73. The zero-order valence-corrected chi connectivity index (χ0v) is 13.0. The molecule has 0 spiro atoms. The fourth-order valence-electron chi connectivity index (χ4n) is 3.63. The van der Waals surface area contributed by atoms with E-state index in [-0.39, 0.29) is 5.97 Å². The van der Waals surface area contributed by atoms with E-state index in [9.17, 15) is 4.79 Å². The zero-order chi connectivity index (χ0) is 14.4. The molecule has 0 aliphatic heterocycles. The molecule has 0 radical (unpaired) electrons. The van der Waals surface area contributed by atoms with E-state index in [0.29, 0.717) is 18.8 Å². The minimum absolute atomic E-state index is 0.0554. The molecule has 2 aliphatic carbocycles. The van der Waals surface area contributed by atoms with Gasteiger partial charge in [-0.1, -0.05) is 19.3 Å². The van der Waals surface area contributed by atoms with Crippen LogP contribution in [0.2, 0.25) is 0 Å². The maximum Gasteiger partial charge on any atom is 0.326 e. The number of carbonyl (C=O) groups is 1. The summed E-state index contributed by atoms with van der Waals surface area (Å²) >= 11 is 0. The summed E-state index contributed by atoms with van der Waals surface area (Å²) < 4.78 is 10.8. The second kappa shape index (κ2) is 7.41. The lowest BCUT2D eigenvalue weighted by Gasteiger charge is -2.41. The predicted octanol–water partition coefficient (Wildman–Crippen LogP) is 2.80. The van der Waals surface area contributed by atoms with Crippen molar-refractivity contribution in [2.24, 2.45) is 0 Å². The van der Waals surface area contributed by atoms with E-state index in [1.165, 1.54) is 32.1 Å². The van der Waals surface area contributed by atoms with Crippen LogP contribution < -0.4 is 5.32 Å². The van der Waals surface area contributed by atoms with Gasteiger partial charge in [-0.3, -0.25) is 10.1 Å². The first-order valence-corrected chi connectivity index (χ1v) is 8.18. The molecule has 2 saturated carbocycles. The van der Waals surface area contributed by atoms with Gasteiger partial charge in [0.15, 0.2) is 0 Å². The molecule has 4 heteroatoms. The molecule has 2 aliphatic rings. The van der Waals surface area contributed by atoms with Gasteiger partial charge in [-0.2, -0.15) is 0 Å². The molecule has 2 rings (SSSR count). The first kappa shape index (κ1) is 15.8. The largest absolute Gasteiger partial charge is 0.465 e. The Kier molecular flexibility index (Phi) is 5.85. The van der Waals surface area contributed by atoms with Gasteiger partial charge in [0.05, 0.1) is 12.7 Å². The smallest absolute Gasteiger partial charge is 0.326 e. The quantitative estimate of drug-likeness (QED) is 0.788. The highest BCUT2D eigenvalue weighted by atomic mass is 16.5. The number of nitrogens with one attached hydrogen (secondary N) is 1. The summed E-state index contributed by atoms with van der Waals surface area (Å²) in [6.45, 7) is 2.34. The van der Waals surface area contributed by atoms with E-state index < -0.39 is 5.54 Å². The molecule has 0 saturated heterocycles. The Morgan fingerprint density at radius 1 is 1.15 bits per heavy atom. The number of hydrogen-bond acceptors (Lipinski definition) is 4. The minimum atomic E-state index is -0.465. The summed E-state index contributed by atoms with van der Waals surface area (Å²) in [5, 5.41) is 3.67. The van der Waals surface area contributed by atoms with Gasteiger partial charge in [0.1, 0.15) is 5.54 Å². The van der Waals surface area contributed by atoms with Crippen molar-refractivity contribution in [2.75, 3.05) is 13.7 Å². The van der Waals surface area contributed by atoms with Gasteiger partial charge >= 0.3 is 5.97 Å². The summed E-state index contributed by atoms with van der Waals surface area (Å²) in [7, 11) is 1.76. The Labute approximate surface area is 122 Å². The summed E-state index contributed by atoms with van der Waals surface area (Å²) in [6, 6.07) is 0.479. The second-order valence-electron chi connectivity index (χ2n) is 6.22. The zero-order valence-electron chi connectivity index (χ0n) is 13.0. The number of ether oxygens (including phenoxy) is 2. The molecule has 0 amide bonds. The summed E-state index contributed by atoms with van der Waals surface area (Å²) in [6.07, 6.45) is 10.1. The van der Waals surface area contributed by atoms with Crippen molar-refractivity contribution in [3.63, 3.8) is 0 Å². The molecule has 1 N–H and O–H groups in total. The average Bonchev–Trinajstić information content (AvgIpc) is 2.49. The molecule has 20 heavy (non-hydrogen) atoms. The first-order valence-electron chi connectivity index (χ1n) is 8.18. The van der Waals surface area contributed by atoms with Crippen LogP contribution in [0, 0.1) is 0 Å². The lowest BCUT2D eigenvalue weighted by Crippen LogP contribution is -2.59. The van der Waals surface area contributed by atoms with Gasteiger partial charge in [0.2, 0.25) is 0 Å². The standard InChI is InChI=1S/C16H29NO3/c1-3-20-15(18)16(11-9-14(19-2)10-12-16)17-13-7-5-4-6-8-13/h13-14,17H,3-12H2,1-2H3. The molecule has 0 unspecified atom stereocenters. The summed E-state index contributed by atoms with van der Waals surface area (Å²) in [4.78, 5) is 12.5. The Bertz CT molecular complexity index is 305. The monoisotopic (exact) mass is 283 g/mol. The van der Waals surface area contributed by atoms with Gasteiger partial charge < -0.3 is 9.47 Å². The van der Waals surface area contributed by atoms with Crippen LogP contribution in [0.3, 0.4) is 0 Å². The van der Waals surface area contributed by atoms with Crippen molar-refractivity contribution in [1.82, 2.24) is 5.32 Å². The Morgan fingerprint density at radius 2 is 1.80 bits per heavy atom. The van der Waals surface area contributed by atoms with Crippen LogP contribution in [-0.4, -0.2) is 37.4 Å². The first-order chi connectivity index (χ1) is 9.70. The van der Waals surface area contributed by atoms with Crippen molar-refractivity contribution in [3.8, 4) is 0 Å². The molecule has 0 bridgehead atoms. The van der Waals surface area contributed by atoms with Gasteiger partial charge in [-0.05, 0) is 45.4 Å². The highest BCUT2D eigenvalue weighted by Gasteiger charge is 2.44. The van der Waals surface area contributed by atoms with Crippen molar-refractivity contribution in [1.29, 1.82) is 0 Å². The van der Waals surface area contributed by atoms with E-state index >= 15 is 0 Å². The van der Waals surface area contributed by atoms with Gasteiger partial charge in [0, 0.05) is 13.2 Å². The van der Waals surface area contributed by atoms with E-state index in [2.05, 4.69) is 5.32 Å². The van der Waals surface area contributed by atoms with Gasteiger partial charge in [-0.25, -0.2) is 0 Å². The van der Waals surface area contributed by atoms with Gasteiger partial charge in [-0.15, -0.1) is 0 Å². The molecule has 116 valence electrons. The van der Waals surface area contributed by atoms with E-state index in [1.54, 1.807) is 7.11 Å². The molecular weight excluding hydrogens is 254 g/mol. The topological polar surface area (TPSA) is 47.6 Å². The number of rotatable bonds is 5. The summed E-state index contributed by atoms with van der Waals surface area (Å²) in [5.74, 6) is -0.0554. The van der Waals surface area contributed by atoms with Crippen molar-refractivity contribution < 1.29 is 14.3 Å². The molecule has 0 aromatic carbocycles. The van der Waals surface area contributed by atoms with E-state index in [0.717, 1.165) is 25.7 Å². The van der Waals surface area contributed by atoms with Crippen molar-refractivity contribution in [2.45, 2.75) is 82.4 Å². The van der Waals surface area contributed by atoms with Crippen LogP contribution in [-0.2, 0) is 14.3 Å². The summed E-state index contributed by atoms with van der Waals surface area (Å²) in [5.41, 5.74) is -0.465. The number of esters is 1. The SMILES string of the molecule is CCOC(=O)C1(NC2CCCCC2)CCC(OC)CC1. The molecule has 2 fully saturated rings. The lowest BCUT2D eigenvalue weighted by molar-refractivity contribution is -0.154. The highest BCUT2D eigenvalue weighted by Crippen LogP contribution is 2.33. The molecule has 0 heterocycles. The van der Waals surface area contributed by atoms with E-state index in [4.69, 9.17) is 9.47 Å². The Hall–Kier alpha value is -0.610. The Balaban J connectivity index is 2.01. The number of hydrogen-bond donors (Lipinski definition) is 1. The van der Waals surface area contributed by atoms with Crippen LogP contribution in [0.5, 0.6) is 0 Å². The normalized spacial score (nSPS) is 32.0. The third-order valence-electron chi connectivity index (χ3n) is 4.87. The molecule has 4 nitrogen and oxygen atoms in total. The van der Waals surface area contributed by atoms with Gasteiger partial charge in [0.25, 0.3) is 0 Å². The Morgan fingerprint density at radius 3 is 2.35 bits per heavy atom. The maximum absolute atomic E-state index is 12.5. The molecule has 0 aromatic heterocycles.